The zero-order chi connectivity index (χ0) is 6.81. The van der Waals surface area contributed by atoms with Crippen LogP contribution >= 0.6 is 0 Å². The van der Waals surface area contributed by atoms with Gasteiger partial charge in [0.2, 0.25) is 0 Å². The van der Waals surface area contributed by atoms with Gasteiger partial charge in [0, 0.05) is 26.0 Å². The van der Waals surface area contributed by atoms with Crippen LogP contribution in [0.3, 0.4) is 0 Å². The zero-order valence-corrected chi connectivity index (χ0v) is 7.45. The van der Waals surface area contributed by atoms with Crippen molar-refractivity contribution < 1.29 is 25.2 Å². The third kappa shape index (κ3) is 1.71. The maximum Gasteiger partial charge on any atom is 0.126 e. The summed E-state index contributed by atoms with van der Waals surface area (Å²) in [4.78, 5) is 0. The molecule has 60 valence electrons. The molecule has 0 atom stereocenters. The minimum absolute atomic E-state index is 0. The average Bonchev–Trinajstić information content (AvgIpc) is 2.05. The maximum atomic E-state index is 5.34. The van der Waals surface area contributed by atoms with E-state index in [1.54, 1.807) is 0 Å². The second kappa shape index (κ2) is 3.71. The van der Waals surface area contributed by atoms with E-state index >= 15 is 0 Å². The Labute approximate surface area is 79.7 Å². The van der Waals surface area contributed by atoms with Crippen LogP contribution in [0, 0.1) is 0 Å². The third-order valence-corrected chi connectivity index (χ3v) is 1.55. The predicted molar refractivity (Wildman–Crippen MR) is 41.0 cm³/mol. The van der Waals surface area contributed by atoms with Crippen LogP contribution in [0.5, 0.6) is 5.75 Å². The van der Waals surface area contributed by atoms with Crippen LogP contribution in [0.2, 0.25) is 0 Å². The number of ether oxygens (including phenoxy) is 1. The van der Waals surface area contributed by atoms with Gasteiger partial charge in [-0.1, -0.05) is 24.3 Å². The molecule has 2 rings (SSSR count). The van der Waals surface area contributed by atoms with Crippen LogP contribution in [0.1, 0.15) is 5.56 Å². The first-order chi connectivity index (χ1) is 4.97. The maximum absolute atomic E-state index is 5.34. The SMILES string of the molecule is C1=Cc2ccccc2OC1.[Pd]. The molecule has 1 aromatic rings. The van der Waals surface area contributed by atoms with Crippen molar-refractivity contribution in [3.63, 3.8) is 0 Å². The molecule has 0 fully saturated rings. The number of para-hydroxylation sites is 1. The van der Waals surface area contributed by atoms with Gasteiger partial charge in [-0.3, -0.25) is 0 Å². The van der Waals surface area contributed by atoms with Crippen molar-refractivity contribution in [3.05, 3.63) is 35.9 Å². The summed E-state index contributed by atoms with van der Waals surface area (Å²) in [6.45, 7) is 0.705. The van der Waals surface area contributed by atoms with Crippen molar-refractivity contribution in [2.45, 2.75) is 0 Å². The van der Waals surface area contributed by atoms with Crippen molar-refractivity contribution in [1.29, 1.82) is 0 Å². The molecule has 1 nitrogen and oxygen atoms in total. The molecule has 0 aromatic heterocycles. The number of hydrogen-bond donors (Lipinski definition) is 0. The Morgan fingerprint density at radius 1 is 1.18 bits per heavy atom. The first-order valence-corrected chi connectivity index (χ1v) is 3.35. The normalized spacial score (nSPS) is 12.7. The molecule has 1 aromatic carbocycles. The van der Waals surface area contributed by atoms with Gasteiger partial charge in [-0.25, -0.2) is 0 Å². The van der Waals surface area contributed by atoms with Gasteiger partial charge in [-0.05, 0) is 12.1 Å². The topological polar surface area (TPSA) is 9.23 Å². The second-order valence-corrected chi connectivity index (χ2v) is 2.25. The Hall–Kier alpha value is -0.578. The molecule has 0 spiro atoms. The van der Waals surface area contributed by atoms with Crippen LogP contribution in [0.25, 0.3) is 6.08 Å². The summed E-state index contributed by atoms with van der Waals surface area (Å²) in [6, 6.07) is 8.03. The molecule has 2 heteroatoms. The van der Waals surface area contributed by atoms with E-state index < -0.39 is 0 Å². The van der Waals surface area contributed by atoms with Gasteiger partial charge in [0.05, 0.1) is 0 Å². The van der Waals surface area contributed by atoms with Crippen molar-refractivity contribution in [1.82, 2.24) is 0 Å². The van der Waals surface area contributed by atoms with E-state index in [1.807, 2.05) is 30.3 Å². The van der Waals surface area contributed by atoms with E-state index in [2.05, 4.69) is 6.08 Å². The molecule has 1 heterocycles. The van der Waals surface area contributed by atoms with E-state index in [-0.39, 0.29) is 20.4 Å². The summed E-state index contributed by atoms with van der Waals surface area (Å²) >= 11 is 0. The molecule has 0 amide bonds. The van der Waals surface area contributed by atoms with E-state index in [4.69, 9.17) is 4.74 Å². The molecule has 0 saturated heterocycles. The summed E-state index contributed by atoms with van der Waals surface area (Å²) in [5.41, 5.74) is 1.17. The van der Waals surface area contributed by atoms with Gasteiger partial charge in [-0.2, -0.15) is 0 Å². The summed E-state index contributed by atoms with van der Waals surface area (Å²) in [5.74, 6) is 0.991. The summed E-state index contributed by atoms with van der Waals surface area (Å²) < 4.78 is 5.34. The minimum atomic E-state index is 0. The van der Waals surface area contributed by atoms with Gasteiger partial charge in [-0.15, -0.1) is 0 Å². The Kier molecular flexibility index (Phi) is 2.87. The fourth-order valence-electron chi connectivity index (χ4n) is 1.06. The second-order valence-electron chi connectivity index (χ2n) is 2.25. The van der Waals surface area contributed by atoms with E-state index in [0.717, 1.165) is 5.75 Å². The molecular weight excluding hydrogens is 231 g/mol. The van der Waals surface area contributed by atoms with Crippen molar-refractivity contribution in [2.75, 3.05) is 6.61 Å². The van der Waals surface area contributed by atoms with Gasteiger partial charge in [0.25, 0.3) is 0 Å². The Balaban J connectivity index is 0.000000605. The monoisotopic (exact) mass is 238 g/mol. The molecule has 0 aliphatic carbocycles. The van der Waals surface area contributed by atoms with Gasteiger partial charge < -0.3 is 4.74 Å². The van der Waals surface area contributed by atoms with E-state index in [9.17, 15) is 0 Å². The van der Waals surface area contributed by atoms with Crippen LogP contribution in [0.15, 0.2) is 30.3 Å². The first kappa shape index (κ1) is 8.52. The average molecular weight is 239 g/mol. The third-order valence-electron chi connectivity index (χ3n) is 1.55. The zero-order valence-electron chi connectivity index (χ0n) is 5.90. The van der Waals surface area contributed by atoms with Gasteiger partial charge in [0.15, 0.2) is 0 Å². The van der Waals surface area contributed by atoms with Crippen LogP contribution in [-0.4, -0.2) is 6.61 Å². The molecule has 0 unspecified atom stereocenters. The summed E-state index contributed by atoms with van der Waals surface area (Å²) in [6.07, 6.45) is 4.10. The standard InChI is InChI=1S/C9H8O.Pd/c1-2-6-9-8(4-1)5-3-7-10-9;/h1-6H,7H2;. The smallest absolute Gasteiger partial charge is 0.126 e. The fourth-order valence-corrected chi connectivity index (χ4v) is 1.06. The molecule has 1 aliphatic rings. The van der Waals surface area contributed by atoms with E-state index in [1.165, 1.54) is 5.56 Å². The Morgan fingerprint density at radius 2 is 2.00 bits per heavy atom. The number of benzene rings is 1. The Bertz CT molecular complexity index is 268. The van der Waals surface area contributed by atoms with E-state index in [0.29, 0.717) is 6.61 Å². The molecule has 0 N–H and O–H groups in total. The molecule has 0 bridgehead atoms. The molecule has 0 saturated carbocycles. The minimum Gasteiger partial charge on any atom is -0.489 e. The quantitative estimate of drug-likeness (QED) is 0.629. The summed E-state index contributed by atoms with van der Waals surface area (Å²) in [7, 11) is 0. The van der Waals surface area contributed by atoms with Crippen LogP contribution < -0.4 is 4.74 Å². The molecule has 11 heavy (non-hydrogen) atoms. The number of hydrogen-bond acceptors (Lipinski definition) is 1. The largest absolute Gasteiger partial charge is 0.489 e. The molecule has 0 radical (unpaired) electrons. The first-order valence-electron chi connectivity index (χ1n) is 3.35. The summed E-state index contributed by atoms with van der Waals surface area (Å²) in [5, 5.41) is 0. The van der Waals surface area contributed by atoms with Crippen LogP contribution in [-0.2, 0) is 20.4 Å². The van der Waals surface area contributed by atoms with Gasteiger partial charge in [0.1, 0.15) is 12.4 Å². The van der Waals surface area contributed by atoms with Crippen molar-refractivity contribution in [2.24, 2.45) is 0 Å². The molecule has 1 aliphatic heterocycles. The van der Waals surface area contributed by atoms with Crippen LogP contribution in [0.4, 0.5) is 0 Å². The van der Waals surface area contributed by atoms with Crippen molar-refractivity contribution in [3.8, 4) is 5.75 Å². The number of fused-ring (bicyclic) bond motifs is 1. The molecular formula is C9H8OPd. The van der Waals surface area contributed by atoms with Gasteiger partial charge >= 0.3 is 0 Å². The number of rotatable bonds is 0. The van der Waals surface area contributed by atoms with Crippen molar-refractivity contribution >= 4 is 6.08 Å². The predicted octanol–water partition coefficient (Wildman–Crippen LogP) is 2.09. The Morgan fingerprint density at radius 3 is 2.82 bits per heavy atom. The fraction of sp³-hybridized carbons (Fsp3) is 0.111.